The smallest absolute Gasteiger partial charge is 0.221 e. The first-order chi connectivity index (χ1) is 10.1. The minimum atomic E-state index is -0.344. The van der Waals surface area contributed by atoms with Gasteiger partial charge >= 0.3 is 0 Å². The number of nitrogens with one attached hydrogen (secondary N) is 1. The third-order valence-electron chi connectivity index (χ3n) is 3.12. The highest BCUT2D eigenvalue weighted by atomic mass is 16.1. The van der Waals surface area contributed by atoms with E-state index in [0.717, 1.165) is 22.3 Å². The Morgan fingerprint density at radius 1 is 1.29 bits per heavy atom. The molecule has 0 aliphatic heterocycles. The van der Waals surface area contributed by atoms with Gasteiger partial charge in [-0.15, -0.1) is 0 Å². The largest absolute Gasteiger partial charge is 0.369 e. The van der Waals surface area contributed by atoms with Crippen LogP contribution in [0.1, 0.15) is 5.56 Å². The second kappa shape index (κ2) is 5.20. The molecule has 0 saturated heterocycles. The number of carbonyl (C=O) groups is 1. The molecule has 1 amide bonds. The molecule has 0 aliphatic rings. The number of primary amides is 1. The summed E-state index contributed by atoms with van der Waals surface area (Å²) in [4.78, 5) is 19.3. The fourth-order valence-corrected chi connectivity index (χ4v) is 2.11. The van der Waals surface area contributed by atoms with Gasteiger partial charge in [0.2, 0.25) is 5.91 Å². The number of aromatic nitrogens is 4. The number of hydrogen-bond donors (Lipinski definition) is 2. The molecule has 7 heteroatoms. The normalized spacial score (nSPS) is 10.7. The maximum atomic E-state index is 10.9. The van der Waals surface area contributed by atoms with Gasteiger partial charge in [-0.3, -0.25) is 9.48 Å². The highest BCUT2D eigenvalue weighted by Crippen LogP contribution is 2.22. The van der Waals surface area contributed by atoms with E-state index in [-0.39, 0.29) is 12.3 Å². The number of nitrogens with zero attached hydrogens (tertiary/aromatic N) is 4. The van der Waals surface area contributed by atoms with Gasteiger partial charge in [0, 0.05) is 12.7 Å². The van der Waals surface area contributed by atoms with E-state index in [1.165, 1.54) is 6.33 Å². The number of anilines is 2. The highest BCUT2D eigenvalue weighted by Gasteiger charge is 2.08. The Labute approximate surface area is 120 Å². The Bertz CT molecular complexity index is 793. The molecule has 2 heterocycles. The number of aryl methyl sites for hydroxylation is 1. The van der Waals surface area contributed by atoms with Gasteiger partial charge in [0.1, 0.15) is 12.1 Å². The molecule has 0 saturated carbocycles. The van der Waals surface area contributed by atoms with Gasteiger partial charge in [-0.2, -0.15) is 5.10 Å². The van der Waals surface area contributed by atoms with Gasteiger partial charge in [0.15, 0.2) is 5.65 Å². The van der Waals surface area contributed by atoms with Crippen molar-refractivity contribution in [3.05, 3.63) is 42.4 Å². The summed E-state index contributed by atoms with van der Waals surface area (Å²) in [6, 6.07) is 7.47. The molecule has 0 bridgehead atoms. The summed E-state index contributed by atoms with van der Waals surface area (Å²) < 4.78 is 1.69. The lowest BCUT2D eigenvalue weighted by Gasteiger charge is -2.07. The van der Waals surface area contributed by atoms with E-state index in [1.54, 1.807) is 10.9 Å². The van der Waals surface area contributed by atoms with E-state index < -0.39 is 0 Å². The zero-order valence-electron chi connectivity index (χ0n) is 11.4. The van der Waals surface area contributed by atoms with Crippen LogP contribution in [0.5, 0.6) is 0 Å². The summed E-state index contributed by atoms with van der Waals surface area (Å²) >= 11 is 0. The molecule has 1 aromatic carbocycles. The van der Waals surface area contributed by atoms with E-state index in [9.17, 15) is 4.79 Å². The van der Waals surface area contributed by atoms with Gasteiger partial charge < -0.3 is 11.1 Å². The van der Waals surface area contributed by atoms with E-state index in [2.05, 4.69) is 20.4 Å². The molecule has 0 radical (unpaired) electrons. The Hall–Kier alpha value is -2.96. The van der Waals surface area contributed by atoms with Crippen LogP contribution in [0.15, 0.2) is 36.8 Å². The van der Waals surface area contributed by atoms with Crippen LogP contribution in [0.2, 0.25) is 0 Å². The predicted octanol–water partition coefficient (Wildman–Crippen LogP) is 1.13. The number of carbonyl (C=O) groups excluding carboxylic acids is 1. The fraction of sp³-hybridized carbons (Fsp3) is 0.143. The predicted molar refractivity (Wildman–Crippen MR) is 78.9 cm³/mol. The highest BCUT2D eigenvalue weighted by molar-refractivity contribution is 5.88. The van der Waals surface area contributed by atoms with Gasteiger partial charge in [0.25, 0.3) is 0 Å². The Balaban J connectivity index is 1.86. The van der Waals surface area contributed by atoms with Crippen molar-refractivity contribution in [1.82, 2.24) is 19.7 Å². The maximum absolute atomic E-state index is 10.9. The van der Waals surface area contributed by atoms with Crippen LogP contribution >= 0.6 is 0 Å². The molecule has 106 valence electrons. The monoisotopic (exact) mass is 282 g/mol. The molecule has 3 rings (SSSR count). The van der Waals surface area contributed by atoms with Crippen molar-refractivity contribution in [2.24, 2.45) is 12.8 Å². The zero-order valence-corrected chi connectivity index (χ0v) is 11.4. The second-order valence-electron chi connectivity index (χ2n) is 4.69. The van der Waals surface area contributed by atoms with Crippen LogP contribution in [0, 0.1) is 0 Å². The molecule has 7 nitrogen and oxygen atoms in total. The van der Waals surface area contributed by atoms with Crippen molar-refractivity contribution in [2.45, 2.75) is 6.42 Å². The first-order valence-electron chi connectivity index (χ1n) is 6.40. The van der Waals surface area contributed by atoms with Gasteiger partial charge in [-0.1, -0.05) is 12.1 Å². The van der Waals surface area contributed by atoms with Crippen molar-refractivity contribution >= 4 is 28.4 Å². The number of benzene rings is 1. The average Bonchev–Trinajstić information content (AvgIpc) is 2.83. The summed E-state index contributed by atoms with van der Waals surface area (Å²) in [7, 11) is 1.83. The molecule has 0 unspecified atom stereocenters. The van der Waals surface area contributed by atoms with Crippen LogP contribution in [0.25, 0.3) is 11.0 Å². The van der Waals surface area contributed by atoms with Gasteiger partial charge in [0.05, 0.1) is 18.0 Å². The van der Waals surface area contributed by atoms with Crippen molar-refractivity contribution in [3.8, 4) is 0 Å². The Kier molecular flexibility index (Phi) is 3.23. The van der Waals surface area contributed by atoms with E-state index in [1.807, 2.05) is 31.3 Å². The molecule has 0 atom stereocenters. The lowest BCUT2D eigenvalue weighted by molar-refractivity contribution is -0.117. The number of rotatable bonds is 4. The van der Waals surface area contributed by atoms with Crippen LogP contribution in [-0.2, 0) is 18.3 Å². The molecule has 0 fully saturated rings. The molecular formula is C14H14N6O. The number of hydrogen-bond acceptors (Lipinski definition) is 5. The summed E-state index contributed by atoms with van der Waals surface area (Å²) in [6.45, 7) is 0. The Morgan fingerprint density at radius 2 is 2.05 bits per heavy atom. The first-order valence-corrected chi connectivity index (χ1v) is 6.40. The third-order valence-corrected chi connectivity index (χ3v) is 3.12. The zero-order chi connectivity index (χ0) is 14.8. The topological polar surface area (TPSA) is 98.7 Å². The molecular weight excluding hydrogens is 268 g/mol. The fourth-order valence-electron chi connectivity index (χ4n) is 2.11. The second-order valence-corrected chi connectivity index (χ2v) is 4.69. The van der Waals surface area contributed by atoms with Gasteiger partial charge in [-0.05, 0) is 17.7 Å². The van der Waals surface area contributed by atoms with Crippen LogP contribution < -0.4 is 11.1 Å². The minimum Gasteiger partial charge on any atom is -0.369 e. The Morgan fingerprint density at radius 3 is 2.76 bits per heavy atom. The number of amides is 1. The average molecular weight is 282 g/mol. The van der Waals surface area contributed by atoms with E-state index in [4.69, 9.17) is 5.73 Å². The van der Waals surface area contributed by atoms with Crippen LogP contribution in [-0.4, -0.2) is 25.7 Å². The van der Waals surface area contributed by atoms with Crippen molar-refractivity contribution in [3.63, 3.8) is 0 Å². The van der Waals surface area contributed by atoms with Crippen molar-refractivity contribution in [2.75, 3.05) is 5.32 Å². The van der Waals surface area contributed by atoms with Crippen molar-refractivity contribution < 1.29 is 4.79 Å². The molecule has 2 aromatic heterocycles. The third kappa shape index (κ3) is 2.66. The SMILES string of the molecule is Cn1ncc2c(Nc3ccc(CC(N)=O)cc3)ncnc21. The molecule has 3 N–H and O–H groups in total. The molecule has 21 heavy (non-hydrogen) atoms. The minimum absolute atomic E-state index is 0.237. The maximum Gasteiger partial charge on any atom is 0.221 e. The number of fused-ring (bicyclic) bond motifs is 1. The van der Waals surface area contributed by atoms with E-state index in [0.29, 0.717) is 5.82 Å². The molecule has 0 spiro atoms. The van der Waals surface area contributed by atoms with Crippen molar-refractivity contribution in [1.29, 1.82) is 0 Å². The lowest BCUT2D eigenvalue weighted by atomic mass is 10.1. The van der Waals surface area contributed by atoms with Gasteiger partial charge in [-0.25, -0.2) is 9.97 Å². The lowest BCUT2D eigenvalue weighted by Crippen LogP contribution is -2.13. The van der Waals surface area contributed by atoms with Crippen LogP contribution in [0.3, 0.4) is 0 Å². The standard InChI is InChI=1S/C14H14N6O/c1-20-14-11(7-18-20)13(16-8-17-14)19-10-4-2-9(3-5-10)6-12(15)21/h2-5,7-8H,6H2,1H3,(H2,15,21)(H,16,17,19). The molecule has 0 aliphatic carbocycles. The number of nitrogens with two attached hydrogens (primary N) is 1. The summed E-state index contributed by atoms with van der Waals surface area (Å²) in [6.07, 6.45) is 3.45. The molecule has 3 aromatic rings. The van der Waals surface area contributed by atoms with Crippen LogP contribution in [0.4, 0.5) is 11.5 Å². The summed E-state index contributed by atoms with van der Waals surface area (Å²) in [5, 5.41) is 8.24. The first kappa shape index (κ1) is 13.0. The van der Waals surface area contributed by atoms with E-state index >= 15 is 0 Å². The quantitative estimate of drug-likeness (QED) is 0.747. The summed E-state index contributed by atoms with van der Waals surface area (Å²) in [5.41, 5.74) is 7.68. The summed E-state index contributed by atoms with van der Waals surface area (Å²) in [5.74, 6) is 0.347.